The van der Waals surface area contributed by atoms with Gasteiger partial charge in [0.2, 0.25) is 0 Å². The van der Waals surface area contributed by atoms with Crippen molar-refractivity contribution in [2.24, 2.45) is 0 Å². The quantitative estimate of drug-likeness (QED) is 0.0542. The summed E-state index contributed by atoms with van der Waals surface area (Å²) in [5, 5.41) is 20.7. The van der Waals surface area contributed by atoms with Gasteiger partial charge in [0.25, 0.3) is 27.5 Å². The van der Waals surface area contributed by atoms with E-state index in [2.05, 4.69) is 25.5 Å². The standard InChI is InChI=1S/C41H39FN8O7S4/c42-27-9-11-34-37(21-27)60-40(44-34)46-38(51)31-8-4-5-26-13-16-49(23-32(26)31)41-45-35(25-59-41)39(52)47-61(55,56)30-10-12-33(36(22-30)50(53)54)43-28(14-15-48-17-19-57-20-18-48)24-58-29-6-2-1-3-7-29/h1-12,21-22,25,28,43H,13-20,23-24H2,(H,47,52)(H,44,46,51)/t28-/m1/s1. The molecule has 1 fully saturated rings. The number of sulfonamides is 1. The highest BCUT2D eigenvalue weighted by Crippen LogP contribution is 2.33. The number of hydrogen-bond acceptors (Lipinski definition) is 15. The molecule has 20 heteroatoms. The normalized spacial score (nSPS) is 14.9. The minimum atomic E-state index is -4.56. The number of amides is 2. The van der Waals surface area contributed by atoms with Gasteiger partial charge >= 0.3 is 0 Å². The molecule has 0 unspecified atom stereocenters. The van der Waals surface area contributed by atoms with Crippen molar-refractivity contribution >= 4 is 88.1 Å². The van der Waals surface area contributed by atoms with Gasteiger partial charge in [-0.05, 0) is 72.5 Å². The molecule has 1 atom stereocenters. The molecule has 2 aliphatic heterocycles. The Morgan fingerprint density at radius 1 is 0.984 bits per heavy atom. The smallest absolute Gasteiger partial charge is 0.293 e. The monoisotopic (exact) mass is 902 g/mol. The fourth-order valence-electron chi connectivity index (χ4n) is 7.07. The van der Waals surface area contributed by atoms with E-state index >= 15 is 0 Å². The van der Waals surface area contributed by atoms with E-state index in [1.54, 1.807) is 30.0 Å². The van der Waals surface area contributed by atoms with Gasteiger partial charge in [-0.15, -0.1) is 23.1 Å². The number of nitrogens with one attached hydrogen (secondary N) is 3. The number of ether oxygens (including phenoxy) is 1. The van der Waals surface area contributed by atoms with Crippen LogP contribution in [0.1, 0.15) is 38.4 Å². The third kappa shape index (κ3) is 10.2. The molecular formula is C41H39FN8O7S4. The lowest BCUT2D eigenvalue weighted by Gasteiger charge is -2.29. The molecule has 2 aliphatic rings. The average molecular weight is 903 g/mol. The van der Waals surface area contributed by atoms with Gasteiger partial charge in [0.05, 0.1) is 33.2 Å². The molecule has 61 heavy (non-hydrogen) atoms. The number of benzene rings is 4. The zero-order valence-corrected chi connectivity index (χ0v) is 35.7. The van der Waals surface area contributed by atoms with Crippen molar-refractivity contribution in [2.45, 2.75) is 35.2 Å². The van der Waals surface area contributed by atoms with Crippen molar-refractivity contribution in [3.8, 4) is 0 Å². The number of carbonyl (C=O) groups is 2. The lowest BCUT2D eigenvalue weighted by Crippen LogP contribution is -2.39. The number of halogens is 1. The van der Waals surface area contributed by atoms with Crippen LogP contribution >= 0.6 is 34.4 Å². The summed E-state index contributed by atoms with van der Waals surface area (Å²) in [6.07, 6.45) is 1.26. The van der Waals surface area contributed by atoms with Gasteiger partial charge in [0.15, 0.2) is 10.3 Å². The summed E-state index contributed by atoms with van der Waals surface area (Å²) >= 11 is 3.93. The Labute approximate surface area is 362 Å². The van der Waals surface area contributed by atoms with E-state index in [0.717, 1.165) is 53.1 Å². The summed E-state index contributed by atoms with van der Waals surface area (Å²) in [6.45, 7) is 4.46. The maximum atomic E-state index is 13.7. The highest BCUT2D eigenvalue weighted by atomic mass is 32.2. The minimum Gasteiger partial charge on any atom is -0.379 e. The zero-order valence-electron chi connectivity index (χ0n) is 32.4. The molecule has 0 bridgehead atoms. The molecule has 0 saturated carbocycles. The maximum Gasteiger partial charge on any atom is 0.293 e. The number of rotatable bonds is 15. The molecule has 0 spiro atoms. The SMILES string of the molecule is O=C(NS(=O)(=O)c1ccc(N[C@H](CCN2CCOCC2)CSc2ccccc2)c([N+](=O)[O-])c1)c1csc(N2CCc3cccc(C(=O)Nc4nc5ccc(F)cc5s4)c3C2)n1. The average Bonchev–Trinajstić information content (AvgIpc) is 3.92. The first kappa shape index (κ1) is 42.2. The second kappa shape index (κ2) is 18.6. The van der Waals surface area contributed by atoms with Crippen LogP contribution in [0.3, 0.4) is 0 Å². The summed E-state index contributed by atoms with van der Waals surface area (Å²) in [7, 11) is -4.56. The summed E-state index contributed by atoms with van der Waals surface area (Å²) in [5.41, 5.74) is 2.30. The van der Waals surface area contributed by atoms with Crippen molar-refractivity contribution in [3.05, 3.63) is 129 Å². The summed E-state index contributed by atoms with van der Waals surface area (Å²) in [4.78, 5) is 52.2. The number of nitrogens with zero attached hydrogens (tertiary/aromatic N) is 5. The third-order valence-corrected chi connectivity index (χ3v) is 14.6. The zero-order chi connectivity index (χ0) is 42.5. The first-order valence-electron chi connectivity index (χ1n) is 19.3. The Kier molecular flexibility index (Phi) is 12.9. The van der Waals surface area contributed by atoms with Gasteiger partial charge in [-0.2, -0.15) is 0 Å². The second-order valence-electron chi connectivity index (χ2n) is 14.3. The van der Waals surface area contributed by atoms with Crippen LogP contribution in [0.15, 0.2) is 100 Å². The molecule has 2 amide bonds. The summed E-state index contributed by atoms with van der Waals surface area (Å²) in [6, 6.07) is 22.8. The third-order valence-electron chi connectivity index (χ3n) is 10.2. The number of aromatic nitrogens is 2. The highest BCUT2D eigenvalue weighted by molar-refractivity contribution is 7.99. The van der Waals surface area contributed by atoms with Gasteiger partial charge in [-0.3, -0.25) is 29.9 Å². The number of thiazole rings is 2. The van der Waals surface area contributed by atoms with Crippen LogP contribution in [0.5, 0.6) is 0 Å². The van der Waals surface area contributed by atoms with E-state index in [-0.39, 0.29) is 23.3 Å². The predicted molar refractivity (Wildman–Crippen MR) is 235 cm³/mol. The van der Waals surface area contributed by atoms with Crippen LogP contribution < -0.4 is 20.3 Å². The topological polar surface area (TPSA) is 189 Å². The molecule has 0 radical (unpaired) electrons. The van der Waals surface area contributed by atoms with Crippen molar-refractivity contribution < 1.29 is 32.1 Å². The van der Waals surface area contributed by atoms with Gasteiger partial charge in [-0.1, -0.05) is 41.7 Å². The molecule has 6 aromatic rings. The first-order chi connectivity index (χ1) is 29.5. The van der Waals surface area contributed by atoms with E-state index in [0.29, 0.717) is 70.9 Å². The van der Waals surface area contributed by atoms with Crippen LogP contribution in [-0.4, -0.2) is 91.2 Å². The van der Waals surface area contributed by atoms with Crippen LogP contribution in [0.2, 0.25) is 0 Å². The Balaban J connectivity index is 0.933. The fraction of sp³-hybridized carbons (Fsp3) is 0.268. The van der Waals surface area contributed by atoms with Crippen LogP contribution in [0, 0.1) is 15.9 Å². The van der Waals surface area contributed by atoms with Crippen molar-refractivity contribution in [1.82, 2.24) is 19.6 Å². The number of carbonyl (C=O) groups excluding carboxylic acids is 2. The van der Waals surface area contributed by atoms with Gasteiger partial charge in [0, 0.05) is 66.4 Å². The molecule has 316 valence electrons. The van der Waals surface area contributed by atoms with E-state index in [4.69, 9.17) is 4.74 Å². The molecule has 3 N–H and O–H groups in total. The van der Waals surface area contributed by atoms with E-state index in [9.17, 15) is 32.5 Å². The molecule has 8 rings (SSSR count). The Hall–Kier alpha value is -5.51. The van der Waals surface area contributed by atoms with Crippen molar-refractivity contribution in [3.63, 3.8) is 0 Å². The Morgan fingerprint density at radius 3 is 2.61 bits per heavy atom. The molecule has 15 nitrogen and oxygen atoms in total. The number of hydrogen-bond donors (Lipinski definition) is 3. The number of morpholine rings is 1. The highest BCUT2D eigenvalue weighted by Gasteiger charge is 2.28. The Morgan fingerprint density at radius 2 is 1.80 bits per heavy atom. The van der Waals surface area contributed by atoms with Crippen LogP contribution in [0.4, 0.5) is 26.0 Å². The number of anilines is 3. The lowest BCUT2D eigenvalue weighted by molar-refractivity contribution is -0.384. The molecule has 2 aromatic heterocycles. The number of thioether (sulfide) groups is 1. The number of nitro groups is 1. The molecule has 4 heterocycles. The Bertz CT molecular complexity index is 2690. The largest absolute Gasteiger partial charge is 0.379 e. The molecular weight excluding hydrogens is 864 g/mol. The van der Waals surface area contributed by atoms with Crippen LogP contribution in [-0.2, 0) is 27.7 Å². The van der Waals surface area contributed by atoms with Gasteiger partial charge in [-0.25, -0.2) is 27.5 Å². The maximum absolute atomic E-state index is 13.7. The minimum absolute atomic E-state index is 0.153. The van der Waals surface area contributed by atoms with Crippen molar-refractivity contribution in [1.29, 1.82) is 0 Å². The van der Waals surface area contributed by atoms with Gasteiger partial charge < -0.3 is 15.0 Å². The molecule has 4 aromatic carbocycles. The number of nitro benzene ring substituents is 1. The van der Waals surface area contributed by atoms with Crippen molar-refractivity contribution in [2.75, 3.05) is 60.7 Å². The van der Waals surface area contributed by atoms with Crippen LogP contribution in [0.25, 0.3) is 10.2 Å². The van der Waals surface area contributed by atoms with Gasteiger partial charge in [0.1, 0.15) is 17.2 Å². The van der Waals surface area contributed by atoms with E-state index in [1.807, 2.05) is 46.0 Å². The lowest BCUT2D eigenvalue weighted by atomic mass is 9.94. The van der Waals surface area contributed by atoms with E-state index < -0.39 is 37.3 Å². The predicted octanol–water partition coefficient (Wildman–Crippen LogP) is 7.03. The fourth-order valence-corrected chi connectivity index (χ4v) is 10.8. The molecule has 0 aliphatic carbocycles. The van der Waals surface area contributed by atoms with E-state index in [1.165, 1.54) is 41.0 Å². The second-order valence-corrected chi connectivity index (χ2v) is 18.9. The molecule has 1 saturated heterocycles. The first-order valence-corrected chi connectivity index (χ1v) is 23.4. The summed E-state index contributed by atoms with van der Waals surface area (Å²) < 4.78 is 48.9. The summed E-state index contributed by atoms with van der Waals surface area (Å²) in [5.74, 6) is -1.17. The number of fused-ring (bicyclic) bond motifs is 2.